The number of ether oxygens (including phenoxy) is 1. The van der Waals surface area contributed by atoms with Gasteiger partial charge in [-0.1, -0.05) is 44.2 Å². The fraction of sp³-hybridized carbons (Fsp3) is 0.455. The molecule has 0 amide bonds. The van der Waals surface area contributed by atoms with Gasteiger partial charge in [0.05, 0.1) is 0 Å². The topological polar surface area (TPSA) is 24.5 Å². The molecular weight excluding hydrogens is 308 g/mol. The fourth-order valence-corrected chi connectivity index (χ4v) is 3.70. The number of hydrogen-bond acceptors (Lipinski definition) is 3. The van der Waals surface area contributed by atoms with Gasteiger partial charge in [0, 0.05) is 37.8 Å². The van der Waals surface area contributed by atoms with Gasteiger partial charge >= 0.3 is 0 Å². The van der Waals surface area contributed by atoms with E-state index in [1.807, 2.05) is 0 Å². The molecule has 0 aliphatic carbocycles. The Labute approximate surface area is 152 Å². The summed E-state index contributed by atoms with van der Waals surface area (Å²) in [5.41, 5.74) is 2.66. The van der Waals surface area contributed by atoms with Crippen molar-refractivity contribution in [3.63, 3.8) is 0 Å². The molecule has 134 valence electrons. The summed E-state index contributed by atoms with van der Waals surface area (Å²) < 4.78 is 6.38. The number of nitrogens with one attached hydrogen (secondary N) is 1. The van der Waals surface area contributed by atoms with Crippen LogP contribution in [-0.4, -0.2) is 32.3 Å². The minimum atomic E-state index is 0.206. The molecule has 1 N–H and O–H groups in total. The first-order valence-electron chi connectivity index (χ1n) is 9.59. The number of rotatable bonds is 7. The van der Waals surface area contributed by atoms with Crippen LogP contribution >= 0.6 is 0 Å². The molecule has 0 radical (unpaired) electrons. The molecule has 3 nitrogen and oxygen atoms in total. The third-order valence-corrected chi connectivity index (χ3v) is 5.13. The molecular formula is C22H30N2O. The molecule has 2 aromatic rings. The highest BCUT2D eigenvalue weighted by Gasteiger charge is 2.22. The largest absolute Gasteiger partial charge is 0.490 e. The molecule has 2 unspecified atom stereocenters. The smallest absolute Gasteiger partial charge is 0.119 e. The SMILES string of the molecule is CCC(Oc1ccc(N2CCNCC2)cc1)C(CC)c1ccccc1. The first-order valence-corrected chi connectivity index (χ1v) is 9.59. The molecule has 2 aromatic carbocycles. The Morgan fingerprint density at radius 1 is 0.920 bits per heavy atom. The first kappa shape index (κ1) is 17.8. The van der Waals surface area contributed by atoms with Crippen molar-refractivity contribution in [3.05, 3.63) is 60.2 Å². The van der Waals surface area contributed by atoms with E-state index >= 15 is 0 Å². The van der Waals surface area contributed by atoms with E-state index in [1.165, 1.54) is 11.3 Å². The molecule has 0 spiro atoms. The van der Waals surface area contributed by atoms with Crippen LogP contribution in [0, 0.1) is 0 Å². The van der Waals surface area contributed by atoms with Crippen molar-refractivity contribution >= 4 is 5.69 Å². The summed E-state index contributed by atoms with van der Waals surface area (Å²) in [5.74, 6) is 1.40. The number of anilines is 1. The van der Waals surface area contributed by atoms with Gasteiger partial charge in [0.25, 0.3) is 0 Å². The predicted octanol–water partition coefficient (Wildman–Crippen LogP) is 4.45. The number of piperazine rings is 1. The van der Waals surface area contributed by atoms with E-state index < -0.39 is 0 Å². The van der Waals surface area contributed by atoms with Crippen LogP contribution in [0.1, 0.15) is 38.2 Å². The first-order chi connectivity index (χ1) is 12.3. The molecule has 2 atom stereocenters. The maximum atomic E-state index is 6.38. The van der Waals surface area contributed by atoms with Crippen LogP contribution in [-0.2, 0) is 0 Å². The van der Waals surface area contributed by atoms with E-state index in [0.717, 1.165) is 44.8 Å². The summed E-state index contributed by atoms with van der Waals surface area (Å²) in [6, 6.07) is 19.4. The summed E-state index contributed by atoms with van der Waals surface area (Å²) in [6.45, 7) is 8.73. The molecule has 3 rings (SSSR count). The van der Waals surface area contributed by atoms with Crippen LogP contribution < -0.4 is 15.0 Å². The number of benzene rings is 2. The molecule has 1 heterocycles. The summed E-state index contributed by atoms with van der Waals surface area (Å²) in [5, 5.41) is 3.40. The van der Waals surface area contributed by atoms with Crippen molar-refractivity contribution in [2.75, 3.05) is 31.1 Å². The standard InChI is InChI=1S/C22H30N2O/c1-3-21(18-8-6-5-7-9-18)22(4-2)25-20-12-10-19(11-13-20)24-16-14-23-15-17-24/h5-13,21-23H,3-4,14-17H2,1-2H3. The highest BCUT2D eigenvalue weighted by Crippen LogP contribution is 2.29. The minimum Gasteiger partial charge on any atom is -0.490 e. The van der Waals surface area contributed by atoms with Crippen molar-refractivity contribution in [3.8, 4) is 5.75 Å². The van der Waals surface area contributed by atoms with Crippen molar-refractivity contribution in [2.45, 2.75) is 38.7 Å². The van der Waals surface area contributed by atoms with Gasteiger partial charge in [-0.15, -0.1) is 0 Å². The zero-order valence-corrected chi connectivity index (χ0v) is 15.4. The second-order valence-corrected chi connectivity index (χ2v) is 6.72. The van der Waals surface area contributed by atoms with E-state index in [0.29, 0.717) is 5.92 Å². The van der Waals surface area contributed by atoms with Gasteiger partial charge in [0.1, 0.15) is 11.9 Å². The Hall–Kier alpha value is -2.00. The predicted molar refractivity (Wildman–Crippen MR) is 106 cm³/mol. The van der Waals surface area contributed by atoms with Crippen LogP contribution in [0.15, 0.2) is 54.6 Å². The lowest BCUT2D eigenvalue weighted by Crippen LogP contribution is -2.43. The third kappa shape index (κ3) is 4.55. The average Bonchev–Trinajstić information content (AvgIpc) is 2.70. The van der Waals surface area contributed by atoms with Crippen molar-refractivity contribution in [1.29, 1.82) is 0 Å². The number of hydrogen-bond donors (Lipinski definition) is 1. The maximum Gasteiger partial charge on any atom is 0.119 e. The van der Waals surface area contributed by atoms with E-state index in [1.54, 1.807) is 0 Å². The maximum absolute atomic E-state index is 6.38. The van der Waals surface area contributed by atoms with Gasteiger partial charge < -0.3 is 15.0 Å². The summed E-state index contributed by atoms with van der Waals surface area (Å²) in [6.07, 6.45) is 2.30. The molecule has 25 heavy (non-hydrogen) atoms. The second kappa shape index (κ2) is 8.91. The van der Waals surface area contributed by atoms with E-state index in [2.05, 4.69) is 78.7 Å². The fourth-order valence-electron chi connectivity index (χ4n) is 3.70. The van der Waals surface area contributed by atoms with Crippen LogP contribution in [0.5, 0.6) is 5.75 Å². The molecule has 0 aromatic heterocycles. The quantitative estimate of drug-likeness (QED) is 0.807. The van der Waals surface area contributed by atoms with Gasteiger partial charge in [-0.05, 0) is 42.7 Å². The third-order valence-electron chi connectivity index (χ3n) is 5.13. The van der Waals surface area contributed by atoms with Crippen LogP contribution in [0.25, 0.3) is 0 Å². The zero-order chi connectivity index (χ0) is 17.5. The van der Waals surface area contributed by atoms with Crippen molar-refractivity contribution in [1.82, 2.24) is 5.32 Å². The Morgan fingerprint density at radius 3 is 2.20 bits per heavy atom. The van der Waals surface area contributed by atoms with E-state index in [4.69, 9.17) is 4.74 Å². The monoisotopic (exact) mass is 338 g/mol. The lowest BCUT2D eigenvalue weighted by Gasteiger charge is -2.30. The average molecular weight is 338 g/mol. The van der Waals surface area contributed by atoms with Gasteiger partial charge in [-0.25, -0.2) is 0 Å². The van der Waals surface area contributed by atoms with Crippen LogP contribution in [0.4, 0.5) is 5.69 Å². The van der Waals surface area contributed by atoms with Gasteiger partial charge in [0.2, 0.25) is 0 Å². The molecule has 1 saturated heterocycles. The Bertz CT molecular complexity index is 620. The zero-order valence-electron chi connectivity index (χ0n) is 15.4. The normalized spacial score (nSPS) is 17.1. The molecule has 0 saturated carbocycles. The highest BCUT2D eigenvalue weighted by atomic mass is 16.5. The van der Waals surface area contributed by atoms with Gasteiger partial charge in [-0.2, -0.15) is 0 Å². The Balaban J connectivity index is 1.68. The molecule has 1 aliphatic heterocycles. The lowest BCUT2D eigenvalue weighted by atomic mass is 9.89. The van der Waals surface area contributed by atoms with E-state index in [9.17, 15) is 0 Å². The van der Waals surface area contributed by atoms with E-state index in [-0.39, 0.29) is 6.10 Å². The van der Waals surface area contributed by atoms with Crippen molar-refractivity contribution < 1.29 is 4.74 Å². The molecule has 3 heteroatoms. The Morgan fingerprint density at radius 2 is 1.60 bits per heavy atom. The molecule has 1 aliphatic rings. The number of nitrogens with zero attached hydrogens (tertiary/aromatic N) is 1. The lowest BCUT2D eigenvalue weighted by molar-refractivity contribution is 0.162. The molecule has 1 fully saturated rings. The van der Waals surface area contributed by atoms with Gasteiger partial charge in [-0.3, -0.25) is 0 Å². The van der Waals surface area contributed by atoms with Crippen LogP contribution in [0.3, 0.4) is 0 Å². The minimum absolute atomic E-state index is 0.206. The second-order valence-electron chi connectivity index (χ2n) is 6.72. The summed E-state index contributed by atoms with van der Waals surface area (Å²) >= 11 is 0. The van der Waals surface area contributed by atoms with Gasteiger partial charge in [0.15, 0.2) is 0 Å². The Kier molecular flexibility index (Phi) is 6.35. The van der Waals surface area contributed by atoms with Crippen molar-refractivity contribution in [2.24, 2.45) is 0 Å². The van der Waals surface area contributed by atoms with Crippen LogP contribution in [0.2, 0.25) is 0 Å². The highest BCUT2D eigenvalue weighted by molar-refractivity contribution is 5.49. The summed E-state index contributed by atoms with van der Waals surface area (Å²) in [7, 11) is 0. The summed E-state index contributed by atoms with van der Waals surface area (Å²) in [4.78, 5) is 2.43. The molecule has 0 bridgehead atoms.